The van der Waals surface area contributed by atoms with Crippen molar-refractivity contribution in [3.63, 3.8) is 0 Å². The lowest BCUT2D eigenvalue weighted by Gasteiger charge is -2.23. The summed E-state index contributed by atoms with van der Waals surface area (Å²) in [6.45, 7) is 13.2. The molecule has 0 aliphatic carbocycles. The van der Waals surface area contributed by atoms with Gasteiger partial charge >= 0.3 is 11.9 Å². The molecule has 0 spiro atoms. The van der Waals surface area contributed by atoms with Crippen molar-refractivity contribution in [2.75, 3.05) is 55.4 Å². The number of unbranched alkanes of at least 4 members (excludes halogenated alkanes) is 24. The average Bonchev–Trinajstić information content (AvgIpc) is 3.01. The zero-order chi connectivity index (χ0) is 37.4. The minimum Gasteiger partial charge on any atom is -0.870 e. The first kappa shape index (κ1) is 60.4. The third-order valence-corrected chi connectivity index (χ3v) is 8.21. The summed E-state index contributed by atoms with van der Waals surface area (Å²) in [6.07, 6.45) is 39.4. The number of carboxylic acid groups (broad SMARTS) is 2. The normalized spacial score (nSPS) is 10.4. The van der Waals surface area contributed by atoms with Crippen LogP contribution in [0, 0.1) is 0 Å². The van der Waals surface area contributed by atoms with Gasteiger partial charge in [-0.05, 0) is 25.7 Å². The molecule has 0 fully saturated rings. The van der Waals surface area contributed by atoms with Crippen LogP contribution in [0.5, 0.6) is 0 Å². The Balaban J connectivity index is -0.000000147. The first-order chi connectivity index (χ1) is 22.7. The van der Waals surface area contributed by atoms with E-state index in [0.717, 1.165) is 21.1 Å². The average molecular weight is 720 g/mol. The number of quaternary nitrogens is 2. The monoisotopic (exact) mass is 720 g/mol. The van der Waals surface area contributed by atoms with Crippen LogP contribution >= 0.6 is 0 Å². The van der Waals surface area contributed by atoms with E-state index in [4.69, 9.17) is 10.2 Å². The smallest absolute Gasteiger partial charge is 0.327 e. The van der Waals surface area contributed by atoms with E-state index in [-0.39, 0.29) is 11.0 Å². The van der Waals surface area contributed by atoms with Crippen molar-refractivity contribution in [2.45, 2.75) is 181 Å². The van der Waals surface area contributed by atoms with E-state index in [1.54, 1.807) is 0 Å². The molecule has 0 unspecified atom stereocenters. The van der Waals surface area contributed by atoms with Crippen molar-refractivity contribution in [3.05, 3.63) is 25.3 Å². The van der Waals surface area contributed by atoms with Crippen LogP contribution in [0.25, 0.3) is 0 Å². The van der Waals surface area contributed by atoms with Crippen molar-refractivity contribution in [2.24, 2.45) is 0 Å². The fourth-order valence-electron chi connectivity index (χ4n) is 5.21. The van der Waals surface area contributed by atoms with Gasteiger partial charge in [0.05, 0.1) is 55.4 Å². The number of rotatable bonds is 30. The molecule has 0 aromatic rings. The van der Waals surface area contributed by atoms with Gasteiger partial charge in [-0.3, -0.25) is 0 Å². The lowest BCUT2D eigenvalue weighted by Crippen LogP contribution is -2.35. The topological polar surface area (TPSA) is 136 Å². The van der Waals surface area contributed by atoms with Crippen LogP contribution in [0.3, 0.4) is 0 Å². The first-order valence-corrected chi connectivity index (χ1v) is 20.0. The molecule has 0 saturated carbocycles. The van der Waals surface area contributed by atoms with Gasteiger partial charge in [-0.15, -0.1) is 0 Å². The van der Waals surface area contributed by atoms with Crippen LogP contribution in [-0.4, -0.2) is 97.4 Å². The maximum atomic E-state index is 9.25. The summed E-state index contributed by atoms with van der Waals surface area (Å²) in [5, 5.41) is 15.2. The molecule has 0 heterocycles. The van der Waals surface area contributed by atoms with E-state index in [0.29, 0.717) is 0 Å². The first-order valence-electron chi connectivity index (χ1n) is 20.0. The van der Waals surface area contributed by atoms with Crippen molar-refractivity contribution >= 4 is 11.9 Å². The molecule has 0 bridgehead atoms. The van der Waals surface area contributed by atoms with Gasteiger partial charge in [-0.1, -0.05) is 168 Å². The predicted octanol–water partition coefficient (Wildman–Crippen LogP) is 11.1. The summed E-state index contributed by atoms with van der Waals surface area (Å²) in [5.74, 6) is -1.96. The van der Waals surface area contributed by atoms with Crippen LogP contribution in [0.1, 0.15) is 181 Å². The van der Waals surface area contributed by atoms with E-state index in [1.165, 1.54) is 180 Å². The van der Waals surface area contributed by atoms with Gasteiger partial charge in [0, 0.05) is 12.2 Å². The number of carboxylic acids is 2. The number of nitrogens with zero attached hydrogens (tertiary/aromatic N) is 2. The van der Waals surface area contributed by atoms with Crippen LogP contribution in [0.4, 0.5) is 0 Å². The van der Waals surface area contributed by atoms with Crippen molar-refractivity contribution < 1.29 is 39.7 Å². The molecule has 0 aromatic carbocycles. The largest absolute Gasteiger partial charge is 0.870 e. The van der Waals surface area contributed by atoms with Gasteiger partial charge in [-0.2, -0.15) is 0 Å². The highest BCUT2D eigenvalue weighted by molar-refractivity contribution is 5.79. The summed E-state index contributed by atoms with van der Waals surface area (Å²) in [4.78, 5) is 18.5. The highest BCUT2D eigenvalue weighted by Crippen LogP contribution is 2.14. The molecule has 5 N–H and O–H groups in total. The summed E-state index contributed by atoms with van der Waals surface area (Å²) in [7, 11) is 13.8. The minimum atomic E-state index is -0.981. The molecular weight excluding hydrogens is 628 g/mol. The SMILES string of the molecule is C=CC(=O)O.C=CC(=O)O.CCCCCCCCCCCCCCC[N+](C)(C)C.CCCCCCCCCCCCCCC[N+](C)(C)C.O.[OH-]. The Morgan fingerprint density at radius 1 is 0.420 bits per heavy atom. The van der Waals surface area contributed by atoms with E-state index in [1.807, 2.05) is 0 Å². The Morgan fingerprint density at radius 2 is 0.560 bits per heavy atom. The molecule has 0 radical (unpaired) electrons. The van der Waals surface area contributed by atoms with Gasteiger partial charge < -0.3 is 30.1 Å². The number of hydrogen-bond acceptors (Lipinski definition) is 3. The molecule has 8 heteroatoms. The van der Waals surface area contributed by atoms with Crippen LogP contribution in [-0.2, 0) is 9.59 Å². The van der Waals surface area contributed by atoms with E-state index < -0.39 is 11.9 Å². The van der Waals surface area contributed by atoms with Gasteiger partial charge in [0.1, 0.15) is 0 Å². The number of hydrogen-bond donors (Lipinski definition) is 2. The molecule has 50 heavy (non-hydrogen) atoms. The number of carbonyl (C=O) groups is 2. The second-order valence-corrected chi connectivity index (χ2v) is 15.6. The minimum absolute atomic E-state index is 0. The van der Waals surface area contributed by atoms with E-state index >= 15 is 0 Å². The Bertz CT molecular complexity index is 629. The standard InChI is InChI=1S/2C18H40N.2C3H4O2.2H2O/c2*1-5-6-7-8-9-10-11-12-13-14-15-16-17-18-19(2,3)4;2*1-2-3(4)5;;/h2*5-18H2,1-4H3;2*2H,1H2,(H,4,5);2*1H2/q2*+1;;;;/p-1. The molecular formula is C42H91N2O6+. The van der Waals surface area contributed by atoms with Crippen LogP contribution < -0.4 is 0 Å². The molecule has 0 aromatic heterocycles. The van der Waals surface area contributed by atoms with Gasteiger partial charge in [0.25, 0.3) is 0 Å². The van der Waals surface area contributed by atoms with Gasteiger partial charge in [-0.25, -0.2) is 9.59 Å². The summed E-state index contributed by atoms with van der Waals surface area (Å²) >= 11 is 0. The third kappa shape index (κ3) is 80.7. The quantitative estimate of drug-likeness (QED) is 0.0432. The van der Waals surface area contributed by atoms with Crippen LogP contribution in [0.15, 0.2) is 25.3 Å². The second-order valence-electron chi connectivity index (χ2n) is 15.6. The fraction of sp³-hybridized carbons (Fsp3) is 0.857. The predicted molar refractivity (Wildman–Crippen MR) is 218 cm³/mol. The molecule has 0 atom stereocenters. The summed E-state index contributed by atoms with van der Waals surface area (Å²) in [6, 6.07) is 0. The molecule has 0 rings (SSSR count). The van der Waals surface area contributed by atoms with Crippen molar-refractivity contribution in [1.82, 2.24) is 0 Å². The van der Waals surface area contributed by atoms with E-state index in [9.17, 15) is 9.59 Å². The van der Waals surface area contributed by atoms with Crippen molar-refractivity contribution in [3.8, 4) is 0 Å². The highest BCUT2D eigenvalue weighted by atomic mass is 16.4. The van der Waals surface area contributed by atoms with E-state index in [2.05, 4.69) is 69.3 Å². The maximum Gasteiger partial charge on any atom is 0.327 e. The Hall–Kier alpha value is -1.74. The Morgan fingerprint density at radius 3 is 0.680 bits per heavy atom. The lowest BCUT2D eigenvalue weighted by molar-refractivity contribution is -0.870. The fourth-order valence-corrected chi connectivity index (χ4v) is 5.21. The molecule has 0 aliphatic rings. The molecule has 0 saturated heterocycles. The third-order valence-electron chi connectivity index (χ3n) is 8.21. The highest BCUT2D eigenvalue weighted by Gasteiger charge is 2.06. The Labute approximate surface area is 312 Å². The Kier molecular flexibility index (Phi) is 57.0. The maximum absolute atomic E-state index is 9.25. The van der Waals surface area contributed by atoms with Crippen molar-refractivity contribution in [1.29, 1.82) is 0 Å². The molecule has 0 amide bonds. The molecule has 0 aliphatic heterocycles. The number of aliphatic carboxylic acids is 2. The zero-order valence-electron chi connectivity index (χ0n) is 34.9. The van der Waals surface area contributed by atoms with Gasteiger partial charge in [0.2, 0.25) is 0 Å². The summed E-state index contributed by atoms with van der Waals surface area (Å²) in [5.41, 5.74) is 0. The lowest BCUT2D eigenvalue weighted by atomic mass is 10.0. The summed E-state index contributed by atoms with van der Waals surface area (Å²) < 4.78 is 2.25. The zero-order valence-corrected chi connectivity index (χ0v) is 34.9. The molecule has 8 nitrogen and oxygen atoms in total. The molecule has 304 valence electrons. The second kappa shape index (κ2) is 47.3. The van der Waals surface area contributed by atoms with Crippen LogP contribution in [0.2, 0.25) is 0 Å². The van der Waals surface area contributed by atoms with Gasteiger partial charge in [0.15, 0.2) is 0 Å².